The van der Waals surface area contributed by atoms with Gasteiger partial charge in [-0.2, -0.15) is 0 Å². The van der Waals surface area contributed by atoms with Crippen molar-refractivity contribution in [3.8, 4) is 0 Å². The summed E-state index contributed by atoms with van der Waals surface area (Å²) in [6.07, 6.45) is 5.24. The average molecular weight is 264 g/mol. The smallest absolute Gasteiger partial charge is 0.337 e. The number of nitrogens with zero attached hydrogens (tertiary/aromatic N) is 2. The summed E-state index contributed by atoms with van der Waals surface area (Å²) >= 11 is 0. The molecule has 0 unspecified atom stereocenters. The first-order valence-electron chi connectivity index (χ1n) is 6.62. The molecule has 0 aliphatic carbocycles. The van der Waals surface area contributed by atoms with E-state index in [-0.39, 0.29) is 11.3 Å². The average Bonchev–Trinajstić information content (AvgIpc) is 2.41. The Hall–Kier alpha value is -1.82. The summed E-state index contributed by atoms with van der Waals surface area (Å²) < 4.78 is 0. The topological polar surface area (TPSA) is 91.5 Å². The van der Waals surface area contributed by atoms with Crippen LogP contribution in [0.3, 0.4) is 0 Å². The van der Waals surface area contributed by atoms with Gasteiger partial charge >= 0.3 is 5.97 Å². The summed E-state index contributed by atoms with van der Waals surface area (Å²) in [6.45, 7) is 4.01. The minimum absolute atomic E-state index is 0.0930. The molecule has 19 heavy (non-hydrogen) atoms. The van der Waals surface area contributed by atoms with Crippen LogP contribution in [0.25, 0.3) is 0 Å². The van der Waals surface area contributed by atoms with Crippen molar-refractivity contribution in [2.75, 3.05) is 37.2 Å². The molecule has 0 saturated carbocycles. The third kappa shape index (κ3) is 3.82. The number of carboxylic acids is 1. The largest absolute Gasteiger partial charge is 0.478 e. The third-order valence-corrected chi connectivity index (χ3v) is 3.35. The van der Waals surface area contributed by atoms with E-state index in [2.05, 4.69) is 15.2 Å². The Morgan fingerprint density at radius 1 is 1.42 bits per heavy atom. The first-order chi connectivity index (χ1) is 9.16. The van der Waals surface area contributed by atoms with Crippen LogP contribution < -0.4 is 11.1 Å². The molecule has 1 aromatic rings. The lowest BCUT2D eigenvalue weighted by Gasteiger charge is -2.26. The number of aromatic nitrogens is 1. The summed E-state index contributed by atoms with van der Waals surface area (Å²) in [5, 5.41) is 12.1. The molecule has 1 aliphatic heterocycles. The van der Waals surface area contributed by atoms with E-state index < -0.39 is 5.97 Å². The van der Waals surface area contributed by atoms with Gasteiger partial charge < -0.3 is 21.1 Å². The monoisotopic (exact) mass is 264 g/mol. The first-order valence-corrected chi connectivity index (χ1v) is 6.62. The molecule has 1 aromatic heterocycles. The fourth-order valence-electron chi connectivity index (χ4n) is 2.27. The summed E-state index contributed by atoms with van der Waals surface area (Å²) in [5.74, 6) is -0.470. The number of hydrogen-bond donors (Lipinski definition) is 3. The molecule has 2 heterocycles. The molecular formula is C13H20N4O2. The lowest BCUT2D eigenvalue weighted by atomic mass is 10.1. The van der Waals surface area contributed by atoms with Crippen LogP contribution in [0.4, 0.5) is 11.5 Å². The molecule has 6 nitrogen and oxygen atoms in total. The van der Waals surface area contributed by atoms with Gasteiger partial charge in [0.1, 0.15) is 5.82 Å². The van der Waals surface area contributed by atoms with Crippen molar-refractivity contribution < 1.29 is 9.90 Å². The van der Waals surface area contributed by atoms with E-state index in [1.807, 2.05) is 0 Å². The lowest BCUT2D eigenvalue weighted by Crippen LogP contribution is -2.33. The number of nitrogens with one attached hydrogen (secondary N) is 1. The predicted octanol–water partition coefficient (Wildman–Crippen LogP) is 1.26. The molecule has 2 rings (SSSR count). The second-order valence-electron chi connectivity index (χ2n) is 4.79. The summed E-state index contributed by atoms with van der Waals surface area (Å²) in [6, 6.07) is 1.48. The highest BCUT2D eigenvalue weighted by atomic mass is 16.4. The third-order valence-electron chi connectivity index (χ3n) is 3.35. The fourth-order valence-corrected chi connectivity index (χ4v) is 2.27. The van der Waals surface area contributed by atoms with Crippen molar-refractivity contribution in [2.24, 2.45) is 0 Å². The van der Waals surface area contributed by atoms with Crippen molar-refractivity contribution in [3.63, 3.8) is 0 Å². The Morgan fingerprint density at radius 3 is 2.84 bits per heavy atom. The van der Waals surface area contributed by atoms with Crippen LogP contribution >= 0.6 is 0 Å². The number of carbonyl (C=O) groups is 1. The Balaban J connectivity index is 1.85. The van der Waals surface area contributed by atoms with E-state index in [0.717, 1.165) is 26.2 Å². The summed E-state index contributed by atoms with van der Waals surface area (Å²) in [4.78, 5) is 17.4. The van der Waals surface area contributed by atoms with Gasteiger partial charge in [0.05, 0.1) is 17.4 Å². The van der Waals surface area contributed by atoms with Crippen LogP contribution in [0.2, 0.25) is 0 Å². The van der Waals surface area contributed by atoms with Crippen LogP contribution in [0.15, 0.2) is 12.3 Å². The molecule has 104 valence electrons. The SMILES string of the molecule is Nc1cnc(NCCN2CCCCC2)cc1C(=O)O. The van der Waals surface area contributed by atoms with Gasteiger partial charge in [-0.05, 0) is 32.0 Å². The Labute approximate surface area is 112 Å². The van der Waals surface area contributed by atoms with Crippen molar-refractivity contribution in [1.82, 2.24) is 9.88 Å². The maximum absolute atomic E-state index is 11.0. The molecule has 6 heteroatoms. The van der Waals surface area contributed by atoms with Crippen molar-refractivity contribution in [3.05, 3.63) is 17.8 Å². The molecule has 0 amide bonds. The number of aromatic carboxylic acids is 1. The zero-order valence-corrected chi connectivity index (χ0v) is 10.9. The molecule has 4 N–H and O–H groups in total. The minimum Gasteiger partial charge on any atom is -0.478 e. The molecule has 0 aromatic carbocycles. The number of piperidine rings is 1. The molecule has 1 aliphatic rings. The number of likely N-dealkylation sites (tertiary alicyclic amines) is 1. The number of carboxylic acid groups (broad SMARTS) is 1. The van der Waals surface area contributed by atoms with Crippen molar-refractivity contribution in [1.29, 1.82) is 0 Å². The maximum Gasteiger partial charge on any atom is 0.337 e. The van der Waals surface area contributed by atoms with Gasteiger partial charge in [-0.25, -0.2) is 9.78 Å². The molecule has 0 atom stereocenters. The van der Waals surface area contributed by atoms with E-state index in [4.69, 9.17) is 10.8 Å². The standard InChI is InChI=1S/C13H20N4O2/c14-11-9-16-12(8-10(11)13(18)19)15-4-7-17-5-2-1-3-6-17/h8-9H,1-7,14H2,(H,15,16)(H,18,19). The minimum atomic E-state index is -1.03. The van der Waals surface area contributed by atoms with Crippen LogP contribution in [0.5, 0.6) is 0 Å². The molecule has 1 fully saturated rings. The second kappa shape index (κ2) is 6.38. The molecule has 0 bridgehead atoms. The molecule has 1 saturated heterocycles. The second-order valence-corrected chi connectivity index (χ2v) is 4.79. The highest BCUT2D eigenvalue weighted by molar-refractivity contribution is 5.94. The molecule has 0 spiro atoms. The van der Waals surface area contributed by atoms with Gasteiger partial charge in [0.2, 0.25) is 0 Å². The van der Waals surface area contributed by atoms with Gasteiger partial charge in [-0.1, -0.05) is 6.42 Å². The van der Waals surface area contributed by atoms with Gasteiger partial charge in [-0.3, -0.25) is 0 Å². The normalized spacial score (nSPS) is 16.2. The molecule has 0 radical (unpaired) electrons. The number of nitrogens with two attached hydrogens (primary N) is 1. The molecular weight excluding hydrogens is 244 g/mol. The van der Waals surface area contributed by atoms with Gasteiger partial charge in [0, 0.05) is 13.1 Å². The van der Waals surface area contributed by atoms with Crippen LogP contribution in [-0.4, -0.2) is 47.1 Å². The number of hydrogen-bond acceptors (Lipinski definition) is 5. The van der Waals surface area contributed by atoms with Crippen LogP contribution in [0.1, 0.15) is 29.6 Å². The van der Waals surface area contributed by atoms with Gasteiger partial charge in [-0.15, -0.1) is 0 Å². The summed E-state index contributed by atoms with van der Waals surface area (Å²) in [5.41, 5.74) is 5.84. The van der Waals surface area contributed by atoms with E-state index in [1.165, 1.54) is 31.5 Å². The van der Waals surface area contributed by atoms with E-state index in [9.17, 15) is 4.79 Å². The van der Waals surface area contributed by atoms with Gasteiger partial charge in [0.15, 0.2) is 0 Å². The lowest BCUT2D eigenvalue weighted by molar-refractivity contribution is 0.0698. The first kappa shape index (κ1) is 13.6. The highest BCUT2D eigenvalue weighted by Gasteiger charge is 2.11. The number of rotatable bonds is 5. The van der Waals surface area contributed by atoms with Gasteiger partial charge in [0.25, 0.3) is 0 Å². The van der Waals surface area contributed by atoms with E-state index >= 15 is 0 Å². The Bertz CT molecular complexity index is 444. The number of nitrogen functional groups attached to an aromatic ring is 1. The summed E-state index contributed by atoms with van der Waals surface area (Å²) in [7, 11) is 0. The Kier molecular flexibility index (Phi) is 4.57. The maximum atomic E-state index is 11.0. The van der Waals surface area contributed by atoms with Crippen molar-refractivity contribution >= 4 is 17.5 Å². The van der Waals surface area contributed by atoms with E-state index in [1.54, 1.807) is 0 Å². The van der Waals surface area contributed by atoms with Crippen LogP contribution in [-0.2, 0) is 0 Å². The highest BCUT2D eigenvalue weighted by Crippen LogP contribution is 2.14. The number of pyridine rings is 1. The van der Waals surface area contributed by atoms with Crippen molar-refractivity contribution in [2.45, 2.75) is 19.3 Å². The van der Waals surface area contributed by atoms with Crippen LogP contribution in [0, 0.1) is 0 Å². The number of anilines is 2. The quantitative estimate of drug-likeness (QED) is 0.741. The fraction of sp³-hybridized carbons (Fsp3) is 0.538. The van der Waals surface area contributed by atoms with E-state index in [0.29, 0.717) is 5.82 Å². The Morgan fingerprint density at radius 2 is 2.16 bits per heavy atom. The zero-order chi connectivity index (χ0) is 13.7. The zero-order valence-electron chi connectivity index (χ0n) is 10.9. The predicted molar refractivity (Wildman–Crippen MR) is 74.4 cm³/mol.